The summed E-state index contributed by atoms with van der Waals surface area (Å²) >= 11 is 14.1. The highest BCUT2D eigenvalue weighted by Crippen LogP contribution is 2.32. The van der Waals surface area contributed by atoms with Gasteiger partial charge in [-0.2, -0.15) is 0 Å². The zero-order valence-electron chi connectivity index (χ0n) is 20.6. The molecule has 2 saturated heterocycles. The summed E-state index contributed by atoms with van der Waals surface area (Å²) in [5.41, 5.74) is 2.03. The van der Waals surface area contributed by atoms with Gasteiger partial charge in [0.05, 0.1) is 28.9 Å². The Labute approximate surface area is 231 Å². The molecule has 0 atom stereocenters. The molecule has 2 aromatic carbocycles. The van der Waals surface area contributed by atoms with Crippen molar-refractivity contribution in [1.29, 1.82) is 0 Å². The lowest BCUT2D eigenvalue weighted by Gasteiger charge is -2.37. The van der Waals surface area contributed by atoms with Crippen LogP contribution < -0.4 is 0 Å². The predicted molar refractivity (Wildman–Crippen MR) is 146 cm³/mol. The van der Waals surface area contributed by atoms with Crippen molar-refractivity contribution in [2.45, 2.75) is 49.5 Å². The van der Waals surface area contributed by atoms with Crippen LogP contribution in [0.1, 0.15) is 43.5 Å². The first-order chi connectivity index (χ1) is 18.0. The maximum absolute atomic E-state index is 12.7. The minimum Gasteiger partial charge on any atom is -0.347 e. The molecule has 2 fully saturated rings. The molecule has 37 heavy (non-hydrogen) atoms. The third-order valence-corrected chi connectivity index (χ3v) is 8.53. The maximum atomic E-state index is 12.7. The molecule has 2 aliphatic heterocycles. The van der Waals surface area contributed by atoms with Crippen molar-refractivity contribution in [2.24, 2.45) is 0 Å². The molecular formula is C27H30Cl2N4O3S. The Balaban J connectivity index is 1.16. The number of halogens is 2. The number of carbonyl (C=O) groups is 1. The van der Waals surface area contributed by atoms with Crippen LogP contribution in [0.5, 0.6) is 0 Å². The molecule has 0 saturated carbocycles. The number of thioether (sulfide) groups is 1. The van der Waals surface area contributed by atoms with Gasteiger partial charge in [0.1, 0.15) is 5.82 Å². The molecule has 0 bridgehead atoms. The standard InChI is InChI=1S/C27H30Cl2N4O3S/c28-22-10-9-21(19-23(22)29)33-24(18-20-6-2-1-3-7-20)30-31-26(33)37-17-5-4-8-25(34)32-13-11-27(12-14-32)35-15-16-36-27/h1-3,6-7,9-10,19H,4-5,8,11-18H2. The lowest BCUT2D eigenvalue weighted by atomic mass is 10.0. The molecule has 2 aliphatic rings. The number of ether oxygens (including phenoxy) is 2. The molecule has 1 aromatic heterocycles. The number of amides is 1. The first-order valence-electron chi connectivity index (χ1n) is 12.7. The molecule has 1 amide bonds. The van der Waals surface area contributed by atoms with E-state index < -0.39 is 5.79 Å². The summed E-state index contributed by atoms with van der Waals surface area (Å²) in [6.07, 6.45) is 4.44. The molecule has 5 rings (SSSR count). The van der Waals surface area contributed by atoms with Crippen molar-refractivity contribution < 1.29 is 14.3 Å². The molecule has 3 heterocycles. The fourth-order valence-corrected chi connectivity index (χ4v) is 6.01. The fraction of sp³-hybridized carbons (Fsp3) is 0.444. The Bertz CT molecular complexity index is 1210. The van der Waals surface area contributed by atoms with Crippen LogP contribution in [0.15, 0.2) is 53.7 Å². The third kappa shape index (κ3) is 6.49. The molecule has 196 valence electrons. The van der Waals surface area contributed by atoms with E-state index in [1.165, 1.54) is 0 Å². The molecule has 0 aliphatic carbocycles. The molecular weight excluding hydrogens is 531 g/mol. The summed E-state index contributed by atoms with van der Waals surface area (Å²) < 4.78 is 13.6. The van der Waals surface area contributed by atoms with Gasteiger partial charge in [-0.15, -0.1) is 10.2 Å². The minimum atomic E-state index is -0.447. The van der Waals surface area contributed by atoms with Crippen LogP contribution in [0.3, 0.4) is 0 Å². The van der Waals surface area contributed by atoms with E-state index in [1.807, 2.05) is 39.8 Å². The van der Waals surface area contributed by atoms with E-state index in [4.69, 9.17) is 32.7 Å². The summed E-state index contributed by atoms with van der Waals surface area (Å²) in [7, 11) is 0. The van der Waals surface area contributed by atoms with E-state index in [2.05, 4.69) is 22.3 Å². The second-order valence-corrected chi connectivity index (χ2v) is 11.2. The number of nitrogens with zero attached hydrogens (tertiary/aromatic N) is 4. The number of hydrogen-bond acceptors (Lipinski definition) is 6. The summed E-state index contributed by atoms with van der Waals surface area (Å²) in [5, 5.41) is 10.8. The van der Waals surface area contributed by atoms with Crippen molar-refractivity contribution in [3.05, 3.63) is 70.0 Å². The van der Waals surface area contributed by atoms with Gasteiger partial charge in [-0.05, 0) is 36.6 Å². The van der Waals surface area contributed by atoms with E-state index in [0.717, 1.165) is 53.7 Å². The highest BCUT2D eigenvalue weighted by atomic mass is 35.5. The molecule has 0 unspecified atom stereocenters. The topological polar surface area (TPSA) is 69.5 Å². The Morgan fingerprint density at radius 2 is 1.73 bits per heavy atom. The molecule has 0 N–H and O–H groups in total. The fourth-order valence-electron chi connectivity index (χ4n) is 4.75. The van der Waals surface area contributed by atoms with Gasteiger partial charge in [0.25, 0.3) is 0 Å². The van der Waals surface area contributed by atoms with E-state index >= 15 is 0 Å². The normalized spacial score (nSPS) is 17.0. The average Bonchev–Trinajstić information content (AvgIpc) is 3.53. The first-order valence-corrected chi connectivity index (χ1v) is 14.4. The van der Waals surface area contributed by atoms with E-state index in [1.54, 1.807) is 17.8 Å². The van der Waals surface area contributed by atoms with Gasteiger partial charge < -0.3 is 14.4 Å². The summed E-state index contributed by atoms with van der Waals surface area (Å²) in [4.78, 5) is 14.6. The molecule has 1 spiro atoms. The van der Waals surface area contributed by atoms with Gasteiger partial charge in [-0.25, -0.2) is 0 Å². The number of unbranched alkanes of at least 4 members (excludes halogenated alkanes) is 1. The SMILES string of the molecule is O=C(CCCCSc1nnc(Cc2ccccc2)n1-c1ccc(Cl)c(Cl)c1)N1CCC2(CC1)OCCO2. The van der Waals surface area contributed by atoms with Crippen LogP contribution in [0, 0.1) is 0 Å². The molecule has 10 heteroatoms. The highest BCUT2D eigenvalue weighted by molar-refractivity contribution is 7.99. The maximum Gasteiger partial charge on any atom is 0.222 e. The summed E-state index contributed by atoms with van der Waals surface area (Å²) in [5.74, 6) is 1.43. The second kappa shape index (κ2) is 12.2. The lowest BCUT2D eigenvalue weighted by Crippen LogP contribution is -2.47. The van der Waals surface area contributed by atoms with E-state index in [-0.39, 0.29) is 5.91 Å². The van der Waals surface area contributed by atoms with Crippen molar-refractivity contribution in [3.63, 3.8) is 0 Å². The molecule has 0 radical (unpaired) electrons. The van der Waals surface area contributed by atoms with Gasteiger partial charge >= 0.3 is 0 Å². The number of rotatable bonds is 9. The van der Waals surface area contributed by atoms with Gasteiger partial charge in [0, 0.05) is 44.5 Å². The van der Waals surface area contributed by atoms with Gasteiger partial charge in [0.2, 0.25) is 5.91 Å². The minimum absolute atomic E-state index is 0.210. The van der Waals surface area contributed by atoms with Crippen LogP contribution in [0.2, 0.25) is 10.0 Å². The highest BCUT2D eigenvalue weighted by Gasteiger charge is 2.40. The summed E-state index contributed by atoms with van der Waals surface area (Å²) in [6.45, 7) is 2.70. The Kier molecular flexibility index (Phi) is 8.72. The Hall–Kier alpha value is -2.10. The first kappa shape index (κ1) is 26.5. The number of likely N-dealkylation sites (tertiary alicyclic amines) is 1. The quantitative estimate of drug-likeness (QED) is 0.243. The van der Waals surface area contributed by atoms with E-state index in [0.29, 0.717) is 49.2 Å². The van der Waals surface area contributed by atoms with Crippen LogP contribution in [-0.4, -0.2) is 63.4 Å². The van der Waals surface area contributed by atoms with Crippen molar-refractivity contribution in [3.8, 4) is 5.69 Å². The van der Waals surface area contributed by atoms with Gasteiger partial charge in [0.15, 0.2) is 10.9 Å². The number of hydrogen-bond donors (Lipinski definition) is 0. The zero-order chi connectivity index (χ0) is 25.7. The van der Waals surface area contributed by atoms with Gasteiger partial charge in [-0.1, -0.05) is 65.3 Å². The van der Waals surface area contributed by atoms with Crippen LogP contribution >= 0.6 is 35.0 Å². The largest absolute Gasteiger partial charge is 0.347 e. The smallest absolute Gasteiger partial charge is 0.222 e. The number of benzene rings is 2. The number of carbonyl (C=O) groups excluding carboxylic acids is 1. The van der Waals surface area contributed by atoms with E-state index in [9.17, 15) is 4.79 Å². The molecule has 7 nitrogen and oxygen atoms in total. The van der Waals surface area contributed by atoms with Gasteiger partial charge in [-0.3, -0.25) is 9.36 Å². The van der Waals surface area contributed by atoms with Crippen molar-refractivity contribution in [1.82, 2.24) is 19.7 Å². The third-order valence-electron chi connectivity index (χ3n) is 6.77. The van der Waals surface area contributed by atoms with Crippen molar-refractivity contribution in [2.75, 3.05) is 32.1 Å². The monoisotopic (exact) mass is 560 g/mol. The zero-order valence-corrected chi connectivity index (χ0v) is 22.9. The number of piperidine rings is 1. The second-order valence-electron chi connectivity index (χ2n) is 9.29. The number of aromatic nitrogens is 3. The summed E-state index contributed by atoms with van der Waals surface area (Å²) in [6, 6.07) is 15.8. The van der Waals surface area contributed by atoms with Crippen LogP contribution in [0.4, 0.5) is 0 Å². The lowest BCUT2D eigenvalue weighted by molar-refractivity contribution is -0.187. The van der Waals surface area contributed by atoms with Crippen molar-refractivity contribution >= 4 is 40.9 Å². The van der Waals surface area contributed by atoms with Crippen LogP contribution in [0.25, 0.3) is 5.69 Å². The molecule has 3 aromatic rings. The Morgan fingerprint density at radius 3 is 2.46 bits per heavy atom. The predicted octanol–water partition coefficient (Wildman–Crippen LogP) is 5.79. The Morgan fingerprint density at radius 1 is 0.973 bits per heavy atom. The average molecular weight is 562 g/mol. The van der Waals surface area contributed by atoms with Crippen LogP contribution in [-0.2, 0) is 20.7 Å².